The molecule has 0 heterocycles. The normalized spacial score (nSPS) is 12.7. The first kappa shape index (κ1) is 12.1. The van der Waals surface area contributed by atoms with Crippen LogP contribution in [-0.2, 0) is 0 Å². The number of hydrogen-bond donors (Lipinski definition) is 1. The number of anilines is 1. The third kappa shape index (κ3) is 2.51. The van der Waals surface area contributed by atoms with E-state index in [4.69, 9.17) is 5.73 Å². The maximum absolute atomic E-state index is 5.70. The van der Waals surface area contributed by atoms with Gasteiger partial charge in [0.2, 0.25) is 0 Å². The maximum atomic E-state index is 5.70. The molecule has 84 valence electrons. The molecule has 0 saturated carbocycles. The Labute approximate surface area is 93.1 Å². The highest BCUT2D eigenvalue weighted by molar-refractivity contribution is 5.60. The molecular weight excluding hydrogens is 184 g/mol. The van der Waals surface area contributed by atoms with Crippen LogP contribution in [0.3, 0.4) is 0 Å². The molecule has 0 aliphatic carbocycles. The van der Waals surface area contributed by atoms with Gasteiger partial charge in [0.05, 0.1) is 0 Å². The van der Waals surface area contributed by atoms with Crippen molar-refractivity contribution in [3.05, 3.63) is 28.8 Å². The minimum atomic E-state index is 0.380. The summed E-state index contributed by atoms with van der Waals surface area (Å²) < 4.78 is 0. The lowest BCUT2D eigenvalue weighted by Crippen LogP contribution is -2.36. The van der Waals surface area contributed by atoms with Gasteiger partial charge >= 0.3 is 0 Å². The Hall–Kier alpha value is -1.02. The lowest BCUT2D eigenvalue weighted by Gasteiger charge is -2.29. The van der Waals surface area contributed by atoms with E-state index in [1.807, 2.05) is 0 Å². The molecule has 0 saturated heterocycles. The molecule has 1 aromatic carbocycles. The topological polar surface area (TPSA) is 29.3 Å². The number of nitrogens with two attached hydrogens (primary N) is 1. The van der Waals surface area contributed by atoms with E-state index in [2.05, 4.69) is 51.8 Å². The zero-order valence-corrected chi connectivity index (χ0v) is 10.5. The Bertz CT molecular complexity index is 321. The first-order valence-electron chi connectivity index (χ1n) is 5.48. The molecule has 2 nitrogen and oxygen atoms in total. The molecule has 0 radical (unpaired) electrons. The SMILES string of the molecule is Cc1cc(C)c(N(C)C(C)CN)c(C)c1. The first-order chi connectivity index (χ1) is 6.97. The van der Waals surface area contributed by atoms with Crippen molar-refractivity contribution in [3.8, 4) is 0 Å². The van der Waals surface area contributed by atoms with E-state index in [0.29, 0.717) is 12.6 Å². The van der Waals surface area contributed by atoms with Crippen molar-refractivity contribution in [1.82, 2.24) is 0 Å². The lowest BCUT2D eigenvalue weighted by molar-refractivity contribution is 0.692. The monoisotopic (exact) mass is 206 g/mol. The van der Waals surface area contributed by atoms with Gasteiger partial charge in [0.15, 0.2) is 0 Å². The summed E-state index contributed by atoms with van der Waals surface area (Å²) in [4.78, 5) is 2.27. The van der Waals surface area contributed by atoms with Crippen LogP contribution in [0.1, 0.15) is 23.6 Å². The Morgan fingerprint density at radius 2 is 1.67 bits per heavy atom. The highest BCUT2D eigenvalue weighted by atomic mass is 15.1. The summed E-state index contributed by atoms with van der Waals surface area (Å²) in [7, 11) is 2.11. The molecule has 0 bridgehead atoms. The van der Waals surface area contributed by atoms with E-state index in [1.165, 1.54) is 22.4 Å². The fourth-order valence-corrected chi connectivity index (χ4v) is 2.11. The smallest absolute Gasteiger partial charge is 0.0426 e. The predicted molar refractivity (Wildman–Crippen MR) is 67.6 cm³/mol. The highest BCUT2D eigenvalue weighted by Gasteiger charge is 2.13. The number of likely N-dealkylation sites (N-methyl/N-ethyl adjacent to an activating group) is 1. The van der Waals surface area contributed by atoms with E-state index in [1.54, 1.807) is 0 Å². The fraction of sp³-hybridized carbons (Fsp3) is 0.538. The highest BCUT2D eigenvalue weighted by Crippen LogP contribution is 2.26. The summed E-state index contributed by atoms with van der Waals surface area (Å²) in [5.41, 5.74) is 11.0. The van der Waals surface area contributed by atoms with Crippen LogP contribution >= 0.6 is 0 Å². The number of aryl methyl sites for hydroxylation is 3. The second-order valence-electron chi connectivity index (χ2n) is 4.44. The molecule has 2 N–H and O–H groups in total. The van der Waals surface area contributed by atoms with E-state index in [9.17, 15) is 0 Å². The van der Waals surface area contributed by atoms with Gasteiger partial charge in [0.25, 0.3) is 0 Å². The summed E-state index contributed by atoms with van der Waals surface area (Å²) in [6.45, 7) is 9.29. The zero-order valence-electron chi connectivity index (χ0n) is 10.5. The van der Waals surface area contributed by atoms with Gasteiger partial charge in [-0.05, 0) is 38.8 Å². The number of hydrogen-bond acceptors (Lipinski definition) is 2. The van der Waals surface area contributed by atoms with Crippen molar-refractivity contribution < 1.29 is 0 Å². The van der Waals surface area contributed by atoms with Crippen LogP contribution in [0, 0.1) is 20.8 Å². The molecule has 1 rings (SSSR count). The van der Waals surface area contributed by atoms with Crippen LogP contribution in [0.5, 0.6) is 0 Å². The van der Waals surface area contributed by atoms with Crippen molar-refractivity contribution in [2.45, 2.75) is 33.7 Å². The fourth-order valence-electron chi connectivity index (χ4n) is 2.11. The van der Waals surface area contributed by atoms with Gasteiger partial charge < -0.3 is 10.6 Å². The maximum Gasteiger partial charge on any atom is 0.0426 e. The summed E-state index contributed by atoms with van der Waals surface area (Å²) in [5.74, 6) is 0. The second kappa shape index (κ2) is 4.67. The van der Waals surface area contributed by atoms with Gasteiger partial charge in [-0.2, -0.15) is 0 Å². The molecule has 0 aliphatic heterocycles. The van der Waals surface area contributed by atoms with Crippen molar-refractivity contribution in [1.29, 1.82) is 0 Å². The van der Waals surface area contributed by atoms with Gasteiger partial charge in [-0.3, -0.25) is 0 Å². The summed E-state index contributed by atoms with van der Waals surface area (Å²) in [5, 5.41) is 0. The molecule has 0 aliphatic rings. The zero-order chi connectivity index (χ0) is 11.6. The predicted octanol–water partition coefficient (Wildman–Crippen LogP) is 2.40. The van der Waals surface area contributed by atoms with E-state index < -0.39 is 0 Å². The van der Waals surface area contributed by atoms with Crippen LogP contribution in [0.4, 0.5) is 5.69 Å². The molecule has 0 amide bonds. The average molecular weight is 206 g/mol. The quantitative estimate of drug-likeness (QED) is 0.823. The van der Waals surface area contributed by atoms with Crippen LogP contribution in [0.15, 0.2) is 12.1 Å². The van der Waals surface area contributed by atoms with E-state index in [0.717, 1.165) is 0 Å². The molecule has 15 heavy (non-hydrogen) atoms. The Balaban J connectivity index is 3.13. The molecule has 0 fully saturated rings. The van der Waals surface area contributed by atoms with Gasteiger partial charge in [-0.15, -0.1) is 0 Å². The van der Waals surface area contributed by atoms with Crippen molar-refractivity contribution in [2.24, 2.45) is 5.73 Å². The molecule has 1 atom stereocenters. The Kier molecular flexibility index (Phi) is 3.75. The largest absolute Gasteiger partial charge is 0.370 e. The van der Waals surface area contributed by atoms with Gasteiger partial charge in [0, 0.05) is 25.3 Å². The number of benzene rings is 1. The lowest BCUT2D eigenvalue weighted by atomic mass is 10.0. The molecule has 1 aromatic rings. The second-order valence-corrected chi connectivity index (χ2v) is 4.44. The summed E-state index contributed by atoms with van der Waals surface area (Å²) >= 11 is 0. The molecule has 1 unspecified atom stereocenters. The third-order valence-corrected chi connectivity index (χ3v) is 2.99. The summed E-state index contributed by atoms with van der Waals surface area (Å²) in [6, 6.07) is 4.83. The van der Waals surface area contributed by atoms with Gasteiger partial charge in [-0.1, -0.05) is 17.7 Å². The van der Waals surface area contributed by atoms with E-state index in [-0.39, 0.29) is 0 Å². The van der Waals surface area contributed by atoms with Gasteiger partial charge in [0.1, 0.15) is 0 Å². The number of rotatable bonds is 3. The molecule has 0 aromatic heterocycles. The summed E-state index contributed by atoms with van der Waals surface area (Å²) in [6.07, 6.45) is 0. The molecule has 2 heteroatoms. The van der Waals surface area contributed by atoms with Crippen LogP contribution in [0.25, 0.3) is 0 Å². The van der Waals surface area contributed by atoms with Crippen molar-refractivity contribution >= 4 is 5.69 Å². The number of nitrogens with zero attached hydrogens (tertiary/aromatic N) is 1. The minimum Gasteiger partial charge on any atom is -0.370 e. The van der Waals surface area contributed by atoms with Gasteiger partial charge in [-0.25, -0.2) is 0 Å². The van der Waals surface area contributed by atoms with Crippen LogP contribution in [0.2, 0.25) is 0 Å². The van der Waals surface area contributed by atoms with Crippen molar-refractivity contribution in [3.63, 3.8) is 0 Å². The van der Waals surface area contributed by atoms with E-state index >= 15 is 0 Å². The standard InChI is InChI=1S/C13H22N2/c1-9-6-10(2)13(11(3)7-9)15(5)12(4)8-14/h6-7,12H,8,14H2,1-5H3. The third-order valence-electron chi connectivity index (χ3n) is 2.99. The Morgan fingerprint density at radius 1 is 1.20 bits per heavy atom. The van der Waals surface area contributed by atoms with Crippen LogP contribution in [-0.4, -0.2) is 19.6 Å². The van der Waals surface area contributed by atoms with Crippen molar-refractivity contribution in [2.75, 3.05) is 18.5 Å². The first-order valence-corrected chi connectivity index (χ1v) is 5.48. The molecular formula is C13H22N2. The van der Waals surface area contributed by atoms with Crippen LogP contribution < -0.4 is 10.6 Å². The minimum absolute atomic E-state index is 0.380. The Morgan fingerprint density at radius 3 is 2.07 bits per heavy atom. The average Bonchev–Trinajstić information content (AvgIpc) is 2.14. The molecule has 0 spiro atoms.